The van der Waals surface area contributed by atoms with E-state index >= 15 is 0 Å². The smallest absolute Gasteiger partial charge is 0.243 e. The number of ether oxygens (including phenoxy) is 1. The van der Waals surface area contributed by atoms with E-state index in [-0.39, 0.29) is 6.61 Å². The molecule has 0 spiro atoms. The summed E-state index contributed by atoms with van der Waals surface area (Å²) in [5, 5.41) is 3.06. The Bertz CT molecular complexity index is 343. The average molecular weight is 224 g/mol. The highest BCUT2D eigenvalue weighted by Gasteiger charge is 1.97. The third-order valence-corrected chi connectivity index (χ3v) is 1.88. The summed E-state index contributed by atoms with van der Waals surface area (Å²) in [5.41, 5.74) is 5.90. The summed E-state index contributed by atoms with van der Waals surface area (Å²) >= 11 is 0. The van der Waals surface area contributed by atoms with Crippen LogP contribution in [-0.4, -0.2) is 35.6 Å². The van der Waals surface area contributed by atoms with Crippen molar-refractivity contribution in [1.29, 1.82) is 0 Å². The number of nitrogens with two attached hydrogens (primary N) is 1. The fourth-order valence-corrected chi connectivity index (χ4v) is 1.11. The van der Waals surface area contributed by atoms with Gasteiger partial charge in [0.25, 0.3) is 0 Å². The Balaban J connectivity index is 2.23. The highest BCUT2D eigenvalue weighted by Crippen LogP contribution is 2.03. The van der Waals surface area contributed by atoms with E-state index in [1.807, 2.05) is 13.0 Å². The number of aromatic nitrogens is 2. The lowest BCUT2D eigenvalue weighted by Gasteiger charge is -2.06. The largest absolute Gasteiger partial charge is 0.370 e. The van der Waals surface area contributed by atoms with E-state index in [0.717, 1.165) is 17.9 Å². The molecule has 3 N–H and O–H groups in total. The molecule has 88 valence electrons. The van der Waals surface area contributed by atoms with Gasteiger partial charge in [-0.15, -0.1) is 0 Å². The lowest BCUT2D eigenvalue weighted by atomic mass is 10.3. The van der Waals surface area contributed by atoms with E-state index in [0.29, 0.717) is 13.2 Å². The van der Waals surface area contributed by atoms with Gasteiger partial charge < -0.3 is 15.8 Å². The zero-order valence-corrected chi connectivity index (χ0v) is 9.27. The van der Waals surface area contributed by atoms with Gasteiger partial charge in [-0.3, -0.25) is 4.79 Å². The van der Waals surface area contributed by atoms with Crippen molar-refractivity contribution in [2.24, 2.45) is 5.73 Å². The predicted molar refractivity (Wildman–Crippen MR) is 59.9 cm³/mol. The van der Waals surface area contributed by atoms with Gasteiger partial charge in [-0.05, 0) is 6.42 Å². The molecular formula is C10H16N4O2. The van der Waals surface area contributed by atoms with Gasteiger partial charge in [0.2, 0.25) is 5.91 Å². The minimum Gasteiger partial charge on any atom is -0.370 e. The SMILES string of the molecule is CCc1cc(NCCOCC(N)=O)ncn1. The van der Waals surface area contributed by atoms with Crippen LogP contribution in [0.2, 0.25) is 0 Å². The molecule has 1 amide bonds. The molecule has 0 aliphatic rings. The van der Waals surface area contributed by atoms with Gasteiger partial charge in [0.15, 0.2) is 0 Å². The van der Waals surface area contributed by atoms with Crippen LogP contribution in [0.1, 0.15) is 12.6 Å². The quantitative estimate of drug-likeness (QED) is 0.634. The summed E-state index contributed by atoms with van der Waals surface area (Å²) in [6.07, 6.45) is 2.39. The molecule has 0 saturated carbocycles. The lowest BCUT2D eigenvalue weighted by Crippen LogP contribution is -2.20. The average Bonchev–Trinajstić information content (AvgIpc) is 2.28. The van der Waals surface area contributed by atoms with Crippen molar-refractivity contribution in [1.82, 2.24) is 9.97 Å². The molecule has 1 heterocycles. The number of nitrogens with zero attached hydrogens (tertiary/aromatic N) is 2. The molecule has 0 fully saturated rings. The Morgan fingerprint density at radius 3 is 3.06 bits per heavy atom. The summed E-state index contributed by atoms with van der Waals surface area (Å²) in [4.78, 5) is 18.5. The zero-order valence-electron chi connectivity index (χ0n) is 9.27. The number of amides is 1. The van der Waals surface area contributed by atoms with E-state index in [1.54, 1.807) is 0 Å². The van der Waals surface area contributed by atoms with Crippen molar-refractivity contribution in [3.05, 3.63) is 18.1 Å². The van der Waals surface area contributed by atoms with Gasteiger partial charge in [0.05, 0.1) is 6.61 Å². The number of anilines is 1. The van der Waals surface area contributed by atoms with E-state index in [9.17, 15) is 4.79 Å². The summed E-state index contributed by atoms with van der Waals surface area (Å²) in [5.74, 6) is 0.296. The normalized spacial score (nSPS) is 10.1. The number of nitrogens with one attached hydrogen (secondary N) is 1. The van der Waals surface area contributed by atoms with Gasteiger partial charge in [0, 0.05) is 18.3 Å². The highest BCUT2D eigenvalue weighted by molar-refractivity contribution is 5.74. The molecule has 1 aromatic rings. The van der Waals surface area contributed by atoms with Crippen LogP contribution in [0.25, 0.3) is 0 Å². The Morgan fingerprint density at radius 1 is 1.56 bits per heavy atom. The van der Waals surface area contributed by atoms with Crippen molar-refractivity contribution in [3.8, 4) is 0 Å². The van der Waals surface area contributed by atoms with Crippen molar-refractivity contribution in [2.45, 2.75) is 13.3 Å². The Hall–Kier alpha value is -1.69. The molecule has 6 heteroatoms. The maximum Gasteiger partial charge on any atom is 0.243 e. The van der Waals surface area contributed by atoms with Crippen molar-refractivity contribution in [3.63, 3.8) is 0 Å². The molecule has 0 unspecified atom stereocenters. The second-order valence-electron chi connectivity index (χ2n) is 3.19. The van der Waals surface area contributed by atoms with E-state index in [4.69, 9.17) is 10.5 Å². The highest BCUT2D eigenvalue weighted by atomic mass is 16.5. The van der Waals surface area contributed by atoms with Gasteiger partial charge in [0.1, 0.15) is 18.8 Å². The number of hydrogen-bond acceptors (Lipinski definition) is 5. The Labute approximate surface area is 94.2 Å². The number of hydrogen-bond donors (Lipinski definition) is 2. The lowest BCUT2D eigenvalue weighted by molar-refractivity contribution is -0.122. The van der Waals surface area contributed by atoms with Gasteiger partial charge in [-0.1, -0.05) is 6.92 Å². The van der Waals surface area contributed by atoms with Crippen LogP contribution in [0, 0.1) is 0 Å². The molecule has 16 heavy (non-hydrogen) atoms. The monoisotopic (exact) mass is 224 g/mol. The number of carbonyl (C=O) groups excluding carboxylic acids is 1. The molecule has 0 radical (unpaired) electrons. The van der Waals surface area contributed by atoms with Crippen molar-refractivity contribution >= 4 is 11.7 Å². The first-order valence-corrected chi connectivity index (χ1v) is 5.13. The van der Waals surface area contributed by atoms with Gasteiger partial charge >= 0.3 is 0 Å². The first-order valence-electron chi connectivity index (χ1n) is 5.13. The van der Waals surface area contributed by atoms with E-state index < -0.39 is 5.91 Å². The summed E-state index contributed by atoms with van der Waals surface area (Å²) in [7, 11) is 0. The number of carbonyl (C=O) groups is 1. The third-order valence-electron chi connectivity index (χ3n) is 1.88. The number of rotatable bonds is 7. The minimum absolute atomic E-state index is 0.0499. The molecule has 6 nitrogen and oxygen atoms in total. The second kappa shape index (κ2) is 6.73. The Morgan fingerprint density at radius 2 is 2.38 bits per heavy atom. The van der Waals surface area contributed by atoms with E-state index in [2.05, 4.69) is 15.3 Å². The predicted octanol–water partition coefficient (Wildman–Crippen LogP) is -0.0472. The van der Waals surface area contributed by atoms with E-state index in [1.165, 1.54) is 6.33 Å². The van der Waals surface area contributed by atoms with Crippen molar-refractivity contribution in [2.75, 3.05) is 25.1 Å². The van der Waals surface area contributed by atoms with Crippen LogP contribution in [0.3, 0.4) is 0 Å². The molecule has 0 saturated heterocycles. The molecule has 0 bridgehead atoms. The van der Waals surface area contributed by atoms with Crippen LogP contribution in [0.15, 0.2) is 12.4 Å². The molecular weight excluding hydrogens is 208 g/mol. The fourth-order valence-electron chi connectivity index (χ4n) is 1.11. The topological polar surface area (TPSA) is 90.1 Å². The molecule has 0 atom stereocenters. The first kappa shape index (κ1) is 12.4. The fraction of sp³-hybridized carbons (Fsp3) is 0.500. The summed E-state index contributed by atoms with van der Waals surface area (Å²) in [6.45, 7) is 2.97. The maximum absolute atomic E-state index is 10.4. The Kier molecular flexibility index (Phi) is 5.21. The zero-order chi connectivity index (χ0) is 11.8. The standard InChI is InChI=1S/C10H16N4O2/c1-2-8-5-10(14-7-13-8)12-3-4-16-6-9(11)15/h5,7H,2-4,6H2,1H3,(H2,11,15)(H,12,13,14). The molecule has 1 rings (SSSR count). The van der Waals surface area contributed by atoms with Crippen LogP contribution in [-0.2, 0) is 16.0 Å². The van der Waals surface area contributed by atoms with Crippen LogP contribution in [0.4, 0.5) is 5.82 Å². The number of primary amides is 1. The van der Waals surface area contributed by atoms with Crippen LogP contribution < -0.4 is 11.1 Å². The second-order valence-corrected chi connectivity index (χ2v) is 3.19. The minimum atomic E-state index is -0.463. The molecule has 0 aliphatic carbocycles. The molecule has 0 aromatic carbocycles. The molecule has 0 aliphatic heterocycles. The maximum atomic E-state index is 10.4. The summed E-state index contributed by atoms with van der Waals surface area (Å²) < 4.78 is 4.99. The third kappa shape index (κ3) is 4.70. The van der Waals surface area contributed by atoms with Crippen LogP contribution >= 0.6 is 0 Å². The molecule has 1 aromatic heterocycles. The summed E-state index contributed by atoms with van der Waals surface area (Å²) in [6, 6.07) is 1.88. The van der Waals surface area contributed by atoms with Gasteiger partial charge in [-0.25, -0.2) is 9.97 Å². The van der Waals surface area contributed by atoms with Gasteiger partial charge in [-0.2, -0.15) is 0 Å². The number of aryl methyl sites for hydroxylation is 1. The first-order chi connectivity index (χ1) is 7.72. The van der Waals surface area contributed by atoms with Crippen molar-refractivity contribution < 1.29 is 9.53 Å². The van der Waals surface area contributed by atoms with Crippen LogP contribution in [0.5, 0.6) is 0 Å².